The largest absolute Gasteiger partial charge is 0.490 e. The van der Waals surface area contributed by atoms with Crippen LogP contribution in [0, 0.1) is 5.92 Å². The maximum atomic E-state index is 13.7. The van der Waals surface area contributed by atoms with Crippen molar-refractivity contribution in [2.24, 2.45) is 13.0 Å². The predicted molar refractivity (Wildman–Crippen MR) is 266 cm³/mol. The number of nitrogen functional groups attached to an aromatic ring is 2. The van der Waals surface area contributed by atoms with E-state index in [1.165, 1.54) is 27.1 Å². The molecule has 8 heterocycles. The van der Waals surface area contributed by atoms with Gasteiger partial charge in [0.15, 0.2) is 23.9 Å². The maximum absolute atomic E-state index is 13.7. The fourth-order valence-electron chi connectivity index (χ4n) is 9.22. The molecule has 3 saturated heterocycles. The Kier molecular flexibility index (Phi) is 17.9. The average molecular weight is 1230 g/mol. The maximum Gasteiger partial charge on any atom is 0.490 e. The van der Waals surface area contributed by atoms with Crippen molar-refractivity contribution in [3.8, 4) is 0 Å². The van der Waals surface area contributed by atoms with Gasteiger partial charge in [-0.1, -0.05) is 30.3 Å². The molecule has 6 aromatic rings. The highest BCUT2D eigenvalue weighted by Crippen LogP contribution is 2.68. The topological polar surface area (TPSA) is 516 Å². The summed E-state index contributed by atoms with van der Waals surface area (Å²) in [6.07, 6.45) is -13.3. The lowest BCUT2D eigenvalue weighted by molar-refractivity contribution is -0.646. The molecule has 0 saturated carbocycles. The quantitative estimate of drug-likeness (QED) is 0.0177. The Bertz CT molecular complexity index is 3630. The second kappa shape index (κ2) is 24.1. The first kappa shape index (κ1) is 60.2. The van der Waals surface area contributed by atoms with E-state index in [0.29, 0.717) is 0 Å². The zero-order valence-corrected chi connectivity index (χ0v) is 45.5. The summed E-state index contributed by atoms with van der Waals surface area (Å²) in [5.41, 5.74) is 10.2. The van der Waals surface area contributed by atoms with Gasteiger partial charge >= 0.3 is 42.5 Å². The van der Waals surface area contributed by atoms with Crippen LogP contribution in [-0.2, 0) is 82.3 Å². The van der Waals surface area contributed by atoms with E-state index in [0.717, 1.165) is 42.2 Å². The molecule has 0 amide bonds. The minimum absolute atomic E-state index is 0.00407. The Hall–Kier alpha value is -5.40. The first-order valence-corrected chi connectivity index (χ1v) is 29.7. The first-order chi connectivity index (χ1) is 38.2. The van der Waals surface area contributed by atoms with E-state index in [1.807, 2.05) is 23.2 Å². The summed E-state index contributed by atoms with van der Waals surface area (Å²) in [5, 5.41) is 33.0. The molecule has 1 aromatic carbocycles. The molecule has 3 aliphatic heterocycles. The molecule has 13 N–H and O–H groups in total. The van der Waals surface area contributed by atoms with Crippen LogP contribution in [0.15, 0.2) is 76.0 Å². The van der Waals surface area contributed by atoms with E-state index >= 15 is 0 Å². The summed E-state index contributed by atoms with van der Waals surface area (Å²) in [5.74, 6) is -1.34. The van der Waals surface area contributed by atoms with Crippen molar-refractivity contribution in [2.45, 2.75) is 80.5 Å². The summed E-state index contributed by atoms with van der Waals surface area (Å²) in [7, 11) is -20.9. The molecule has 0 bridgehead atoms. The van der Waals surface area contributed by atoms with Crippen LogP contribution in [0.25, 0.3) is 22.3 Å². The summed E-state index contributed by atoms with van der Waals surface area (Å²) in [6.45, 7) is -3.07. The van der Waals surface area contributed by atoms with E-state index in [4.69, 9.17) is 53.2 Å². The number of hydrogen-bond donors (Lipinski definition) is 11. The van der Waals surface area contributed by atoms with Crippen molar-refractivity contribution in [2.75, 3.05) is 45.0 Å². The molecule has 3 aliphatic rings. The number of benzene rings is 1. The number of aryl methyl sites for hydroxylation is 1. The highest BCUT2D eigenvalue weighted by Gasteiger charge is 2.54. The van der Waals surface area contributed by atoms with Crippen LogP contribution in [0.1, 0.15) is 30.7 Å². The highest BCUT2D eigenvalue weighted by atomic mass is 31.3. The van der Waals surface area contributed by atoms with Gasteiger partial charge in [-0.15, -0.1) is 0 Å². The number of fused-ring (bicyclic) bond motifs is 2. The average Bonchev–Trinajstić information content (AvgIpc) is 4.41. The van der Waals surface area contributed by atoms with E-state index in [2.05, 4.69) is 33.5 Å². The number of ether oxygens (including phenoxy) is 5. The van der Waals surface area contributed by atoms with Crippen LogP contribution in [0.3, 0.4) is 0 Å². The lowest BCUT2D eigenvalue weighted by atomic mass is 9.95. The number of rotatable bonds is 24. The number of nitrogens with zero attached hydrogens (tertiary/aromatic N) is 8. The van der Waals surface area contributed by atoms with Crippen molar-refractivity contribution >= 4 is 65.4 Å². The number of phosphoric acid groups is 4. The molecule has 442 valence electrons. The third-order valence-corrected chi connectivity index (χ3v) is 18.1. The Balaban J connectivity index is 0.870. The number of imidazole rings is 2. The van der Waals surface area contributed by atoms with Crippen molar-refractivity contribution < 1.29 is 108 Å². The smallest absolute Gasteiger partial charge is 0.387 e. The molecule has 37 nitrogen and oxygen atoms in total. The molecule has 9 rings (SSSR count). The zero-order chi connectivity index (χ0) is 58.3. The van der Waals surface area contributed by atoms with Gasteiger partial charge in [0, 0.05) is 31.9 Å². The second-order valence-corrected chi connectivity index (χ2v) is 24.3. The minimum atomic E-state index is -6.21. The number of aliphatic hydroxyl groups is 3. The van der Waals surface area contributed by atoms with Crippen LogP contribution in [0.4, 0.5) is 11.8 Å². The molecule has 0 radical (unpaired) electrons. The lowest BCUT2D eigenvalue weighted by Crippen LogP contribution is -2.38. The Morgan fingerprint density at radius 3 is 2.05 bits per heavy atom. The number of aromatic amines is 2. The number of methoxy groups -OCH3 is 1. The van der Waals surface area contributed by atoms with E-state index in [9.17, 15) is 67.5 Å². The van der Waals surface area contributed by atoms with Crippen LogP contribution in [0.2, 0.25) is 0 Å². The van der Waals surface area contributed by atoms with Crippen molar-refractivity contribution in [3.63, 3.8) is 0 Å². The number of nitrogens with one attached hydrogen (secondary N) is 2. The second-order valence-electron chi connectivity index (χ2n) is 18.2. The summed E-state index contributed by atoms with van der Waals surface area (Å²) < 4.78 is 116. The number of nitrogens with two attached hydrogens (primary N) is 2. The van der Waals surface area contributed by atoms with Crippen LogP contribution in [0.5, 0.6) is 0 Å². The molecular weight excluding hydrogens is 1170 g/mol. The van der Waals surface area contributed by atoms with Crippen LogP contribution >= 0.6 is 31.3 Å². The van der Waals surface area contributed by atoms with Gasteiger partial charge in [0.25, 0.3) is 16.7 Å². The van der Waals surface area contributed by atoms with Crippen LogP contribution in [-0.4, -0.2) is 161 Å². The fourth-order valence-corrected chi connectivity index (χ4v) is 13.7. The van der Waals surface area contributed by atoms with Gasteiger partial charge in [-0.05, 0) is 12.0 Å². The molecule has 3 fully saturated rings. The SMILES string of the molecule is CO[C@@H]1[C@H](OP(=O)(O)OC[C@H]2O[C@@H](n3ccc(=O)[nH]c3=O)[C@H](O)[C@@H]2O)[C@@H](COP(=O)(O)OP(=O)(O)OP(=O)(O)OC[C@H]2O[C@@H](n3c[n+](C)c4c(=O)[nH]c(N)nc43)[C@H](O)[C@@H]2CCOCc2ccccc2)O[C@H]1n1cnc2c(N)ncnc21. The molecule has 0 spiro atoms. The first-order valence-electron chi connectivity index (χ1n) is 23.8. The Labute approximate surface area is 452 Å². The predicted octanol–water partition coefficient (Wildman–Crippen LogP) is -2.01. The number of hydrogen-bond acceptors (Lipinski definition) is 27. The van der Waals surface area contributed by atoms with Gasteiger partial charge in [-0.25, -0.2) is 42.6 Å². The van der Waals surface area contributed by atoms with Gasteiger partial charge in [0.05, 0.1) is 45.9 Å². The lowest BCUT2D eigenvalue weighted by Gasteiger charge is -2.26. The molecule has 41 heteroatoms. The fraction of sp³-hybridized carbons (Fsp3) is 0.500. The van der Waals surface area contributed by atoms with E-state index in [-0.39, 0.29) is 53.7 Å². The third-order valence-electron chi connectivity index (χ3n) is 12.8. The number of aromatic nitrogens is 10. The number of aliphatic hydroxyl groups excluding tert-OH is 3. The monoisotopic (exact) mass is 1230 g/mol. The minimum Gasteiger partial charge on any atom is -0.387 e. The number of anilines is 2. The zero-order valence-electron chi connectivity index (χ0n) is 41.9. The molecular formula is C40H53N12O25P4+. The molecule has 5 aromatic heterocycles. The summed E-state index contributed by atoms with van der Waals surface area (Å²) in [4.78, 5) is 100. The van der Waals surface area contributed by atoms with Gasteiger partial charge < -0.3 is 70.0 Å². The van der Waals surface area contributed by atoms with Gasteiger partial charge in [0.2, 0.25) is 18.5 Å². The number of phosphoric ester groups is 3. The van der Waals surface area contributed by atoms with Crippen molar-refractivity contribution in [1.29, 1.82) is 0 Å². The molecule has 0 aliphatic carbocycles. The number of H-pyrrole nitrogens is 2. The standard InChI is InChI=1S/C40H52N12O25P4/c1-49-18-52(34-26(49)35(57)48-39(42)47-34)36-27(54)20(9-11-68-12-19-6-4-3-5-7-19)21(72-36)13-70-79(61,62)76-81(65,66)77-80(63,64)71-15-23-30(31(67-2)38(74-23)51-17-45-25-32(41)43-16-44-33(25)51)75-78(59,60)69-14-22-28(55)29(56)37(73-22)50-10-8-24(53)46-40(50)58/h3-8,10,16-18,20-23,27-31,36-38,54-56H,9,11-15H2,1-2H3,(H9-,41,42,43,44,46,47,48,53,57,58,59,60,61,62,63,64,65,66)/p+1/t20-,21-,22-,23-,27-,28-,29-,30-,31-,36-,37-,38-/m1/s1. The van der Waals surface area contributed by atoms with Gasteiger partial charge in [-0.2, -0.15) is 18.2 Å². The summed E-state index contributed by atoms with van der Waals surface area (Å²) in [6, 6.07) is 9.98. The highest BCUT2D eigenvalue weighted by molar-refractivity contribution is 7.66. The van der Waals surface area contributed by atoms with E-state index < -0.39 is 141 Å². The van der Waals surface area contributed by atoms with E-state index in [1.54, 1.807) is 12.1 Å². The van der Waals surface area contributed by atoms with Gasteiger partial charge in [0.1, 0.15) is 54.6 Å². The molecule has 4 unspecified atom stereocenters. The van der Waals surface area contributed by atoms with Crippen LogP contribution < -0.4 is 32.8 Å². The normalized spacial score (nSPS) is 29.0. The Morgan fingerprint density at radius 2 is 1.36 bits per heavy atom. The van der Waals surface area contributed by atoms with Gasteiger partial charge in [-0.3, -0.25) is 46.8 Å². The van der Waals surface area contributed by atoms with Crippen molar-refractivity contribution in [1.82, 2.24) is 43.6 Å². The third kappa shape index (κ3) is 13.5. The van der Waals surface area contributed by atoms with Crippen molar-refractivity contribution in [3.05, 3.63) is 98.3 Å². The Morgan fingerprint density at radius 1 is 0.716 bits per heavy atom. The molecule has 16 atom stereocenters. The summed E-state index contributed by atoms with van der Waals surface area (Å²) >= 11 is 0. The molecule has 81 heavy (non-hydrogen) atoms.